The van der Waals surface area contributed by atoms with Gasteiger partial charge in [-0.15, -0.1) is 0 Å². The minimum absolute atomic E-state index is 0.100. The van der Waals surface area contributed by atoms with Crippen LogP contribution in [0.1, 0.15) is 29.8 Å². The van der Waals surface area contributed by atoms with Crippen molar-refractivity contribution in [2.24, 2.45) is 5.10 Å². The number of rotatable bonds is 8. The fraction of sp³-hybridized carbons (Fsp3) is 0.222. The van der Waals surface area contributed by atoms with Gasteiger partial charge in [-0.25, -0.2) is 5.43 Å². The maximum absolute atomic E-state index is 12.1. The van der Waals surface area contributed by atoms with Gasteiger partial charge in [-0.1, -0.05) is 23.7 Å². The van der Waals surface area contributed by atoms with Crippen molar-refractivity contribution < 1.29 is 19.2 Å². The number of hydrogen-bond donors (Lipinski definition) is 1. The normalized spacial score (nSPS) is 10.6. The first kappa shape index (κ1) is 20.2. The first-order valence-corrected chi connectivity index (χ1v) is 8.51. The minimum Gasteiger partial charge on any atom is -0.493 e. The second-order valence-electron chi connectivity index (χ2n) is 5.16. The zero-order valence-corrected chi connectivity index (χ0v) is 15.5. The number of amides is 1. The molecule has 27 heavy (non-hydrogen) atoms. The Morgan fingerprint density at radius 1 is 1.22 bits per heavy atom. The number of nitrogens with one attached hydrogen (secondary N) is 1. The molecule has 0 fully saturated rings. The van der Waals surface area contributed by atoms with Crippen LogP contribution in [-0.2, 0) is 0 Å². The molecule has 0 unspecified atom stereocenters. The number of hydrazone groups is 1. The SMILES string of the molecule is CCOc1cc(OCC)c([N+](=O)[O-])cc1/C=N\NC(=O)c1ccccc1Cl. The Kier molecular flexibility index (Phi) is 7.13. The first-order valence-electron chi connectivity index (χ1n) is 8.13. The molecule has 0 aliphatic heterocycles. The Balaban J connectivity index is 2.29. The Labute approximate surface area is 160 Å². The van der Waals surface area contributed by atoms with Gasteiger partial charge in [-0.3, -0.25) is 14.9 Å². The standard InChI is InChI=1S/C18H18ClN3O5/c1-3-26-16-10-17(27-4-2)15(22(24)25)9-12(16)11-20-21-18(23)13-7-5-6-8-14(13)19/h5-11H,3-4H2,1-2H3,(H,21,23)/b20-11-. The van der Waals surface area contributed by atoms with Crippen LogP contribution >= 0.6 is 11.6 Å². The molecule has 8 nitrogen and oxygen atoms in total. The molecule has 0 aliphatic carbocycles. The highest BCUT2D eigenvalue weighted by Crippen LogP contribution is 2.34. The fourth-order valence-electron chi connectivity index (χ4n) is 2.23. The molecule has 0 saturated heterocycles. The molecule has 0 heterocycles. The molecule has 0 spiro atoms. The molecule has 0 aliphatic rings. The lowest BCUT2D eigenvalue weighted by Crippen LogP contribution is -2.18. The molecule has 9 heteroatoms. The van der Waals surface area contributed by atoms with Gasteiger partial charge in [0.2, 0.25) is 5.75 Å². The summed E-state index contributed by atoms with van der Waals surface area (Å²) in [7, 11) is 0. The van der Waals surface area contributed by atoms with Gasteiger partial charge >= 0.3 is 5.69 Å². The Hall–Kier alpha value is -3.13. The highest BCUT2D eigenvalue weighted by Gasteiger charge is 2.19. The third-order valence-corrected chi connectivity index (χ3v) is 3.71. The van der Waals surface area contributed by atoms with Crippen LogP contribution in [0.3, 0.4) is 0 Å². The van der Waals surface area contributed by atoms with Gasteiger partial charge < -0.3 is 9.47 Å². The lowest BCUT2D eigenvalue weighted by Gasteiger charge is -2.10. The van der Waals surface area contributed by atoms with Gasteiger partial charge in [0.1, 0.15) is 5.75 Å². The van der Waals surface area contributed by atoms with Crippen molar-refractivity contribution in [3.63, 3.8) is 0 Å². The van der Waals surface area contributed by atoms with Crippen LogP contribution in [0.4, 0.5) is 5.69 Å². The third-order valence-electron chi connectivity index (χ3n) is 3.38. The second kappa shape index (κ2) is 9.54. The van der Waals surface area contributed by atoms with E-state index in [0.29, 0.717) is 17.9 Å². The second-order valence-corrected chi connectivity index (χ2v) is 5.57. The maximum Gasteiger partial charge on any atom is 0.311 e. The minimum atomic E-state index is -0.555. The van der Waals surface area contributed by atoms with E-state index in [2.05, 4.69) is 10.5 Å². The van der Waals surface area contributed by atoms with Gasteiger partial charge in [0, 0.05) is 17.7 Å². The molecule has 0 atom stereocenters. The number of hydrogen-bond acceptors (Lipinski definition) is 6. The molecule has 2 aromatic rings. The van der Waals surface area contributed by atoms with Gasteiger partial charge in [0.15, 0.2) is 0 Å². The summed E-state index contributed by atoms with van der Waals surface area (Å²) in [5.74, 6) is -0.0549. The van der Waals surface area contributed by atoms with Crippen molar-refractivity contribution in [2.45, 2.75) is 13.8 Å². The highest BCUT2D eigenvalue weighted by molar-refractivity contribution is 6.33. The van der Waals surface area contributed by atoms with Gasteiger partial charge in [-0.05, 0) is 26.0 Å². The summed E-state index contributed by atoms with van der Waals surface area (Å²) in [5.41, 5.74) is 2.70. The molecule has 0 bridgehead atoms. The molecule has 1 N–H and O–H groups in total. The van der Waals surface area contributed by atoms with Crippen molar-refractivity contribution >= 4 is 29.4 Å². The van der Waals surface area contributed by atoms with E-state index < -0.39 is 10.8 Å². The van der Waals surface area contributed by atoms with Crippen molar-refractivity contribution in [1.29, 1.82) is 0 Å². The zero-order chi connectivity index (χ0) is 19.8. The maximum atomic E-state index is 12.1. The predicted molar refractivity (Wildman–Crippen MR) is 102 cm³/mol. The molecular weight excluding hydrogens is 374 g/mol. The van der Waals surface area contributed by atoms with Crippen LogP contribution < -0.4 is 14.9 Å². The summed E-state index contributed by atoms with van der Waals surface area (Å²) in [6, 6.07) is 9.23. The number of ether oxygens (including phenoxy) is 2. The van der Waals surface area contributed by atoms with Crippen molar-refractivity contribution in [2.75, 3.05) is 13.2 Å². The van der Waals surface area contributed by atoms with Crippen LogP contribution in [0.2, 0.25) is 5.02 Å². The van der Waals surface area contributed by atoms with E-state index in [4.69, 9.17) is 21.1 Å². The number of nitrogens with zero attached hydrogens (tertiary/aromatic N) is 2. The van der Waals surface area contributed by atoms with E-state index in [9.17, 15) is 14.9 Å². The lowest BCUT2D eigenvalue weighted by molar-refractivity contribution is -0.385. The molecule has 0 saturated carbocycles. The van der Waals surface area contributed by atoms with Gasteiger partial charge in [0.05, 0.1) is 34.9 Å². The zero-order valence-electron chi connectivity index (χ0n) is 14.8. The number of nitro groups is 1. The quantitative estimate of drug-likeness (QED) is 0.418. The number of halogens is 1. The van der Waals surface area contributed by atoms with Crippen LogP contribution in [0, 0.1) is 10.1 Å². The van der Waals surface area contributed by atoms with E-state index in [1.165, 1.54) is 18.3 Å². The van der Waals surface area contributed by atoms with E-state index in [1.54, 1.807) is 38.1 Å². The molecular formula is C18H18ClN3O5. The van der Waals surface area contributed by atoms with Crippen LogP contribution in [0.5, 0.6) is 11.5 Å². The van der Waals surface area contributed by atoms with Crippen LogP contribution in [0.15, 0.2) is 41.5 Å². The van der Waals surface area contributed by atoms with Gasteiger partial charge in [0.25, 0.3) is 5.91 Å². The summed E-state index contributed by atoms with van der Waals surface area (Å²) >= 11 is 5.96. The smallest absolute Gasteiger partial charge is 0.311 e. The van der Waals surface area contributed by atoms with Crippen LogP contribution in [0.25, 0.3) is 0 Å². The summed E-state index contributed by atoms with van der Waals surface area (Å²) < 4.78 is 10.8. The van der Waals surface area contributed by atoms with E-state index in [1.807, 2.05) is 0 Å². The summed E-state index contributed by atoms with van der Waals surface area (Å²) in [5, 5.41) is 15.4. The van der Waals surface area contributed by atoms with Crippen molar-refractivity contribution in [3.05, 3.63) is 62.7 Å². The predicted octanol–water partition coefficient (Wildman–Crippen LogP) is 3.81. The molecule has 2 rings (SSSR count). The number of carbonyl (C=O) groups excluding carboxylic acids is 1. The average Bonchev–Trinajstić information content (AvgIpc) is 2.63. The van der Waals surface area contributed by atoms with Crippen molar-refractivity contribution in [3.8, 4) is 11.5 Å². The van der Waals surface area contributed by atoms with Gasteiger partial charge in [-0.2, -0.15) is 5.10 Å². The fourth-order valence-corrected chi connectivity index (χ4v) is 2.45. The summed E-state index contributed by atoms with van der Waals surface area (Å²) in [6.45, 7) is 4.12. The topological polar surface area (TPSA) is 103 Å². The lowest BCUT2D eigenvalue weighted by atomic mass is 10.1. The van der Waals surface area contributed by atoms with Crippen molar-refractivity contribution in [1.82, 2.24) is 5.43 Å². The summed E-state index contributed by atoms with van der Waals surface area (Å²) in [6.07, 6.45) is 1.27. The number of nitro benzene ring substituents is 1. The number of carbonyl (C=O) groups is 1. The largest absolute Gasteiger partial charge is 0.493 e. The first-order chi connectivity index (χ1) is 13.0. The average molecular weight is 392 g/mol. The Morgan fingerprint density at radius 3 is 2.52 bits per heavy atom. The molecule has 0 aromatic heterocycles. The monoisotopic (exact) mass is 391 g/mol. The van der Waals surface area contributed by atoms with E-state index in [0.717, 1.165) is 0 Å². The Morgan fingerprint density at radius 2 is 1.89 bits per heavy atom. The molecule has 2 aromatic carbocycles. The third kappa shape index (κ3) is 5.18. The summed E-state index contributed by atoms with van der Waals surface area (Å²) in [4.78, 5) is 22.8. The molecule has 1 amide bonds. The van der Waals surface area contributed by atoms with Crippen LogP contribution in [-0.4, -0.2) is 30.3 Å². The van der Waals surface area contributed by atoms with E-state index >= 15 is 0 Å². The highest BCUT2D eigenvalue weighted by atomic mass is 35.5. The van der Waals surface area contributed by atoms with E-state index in [-0.39, 0.29) is 28.6 Å². The molecule has 142 valence electrons. The number of benzene rings is 2. The molecule has 0 radical (unpaired) electrons. The Bertz CT molecular complexity index is 870.